The van der Waals surface area contributed by atoms with Gasteiger partial charge >= 0.3 is 0 Å². The van der Waals surface area contributed by atoms with E-state index in [1.807, 2.05) is 18.2 Å². The molecule has 3 heteroatoms. The van der Waals surface area contributed by atoms with E-state index < -0.39 is 0 Å². The fraction of sp³-hybridized carbons (Fsp3) is 0.308. The van der Waals surface area contributed by atoms with Crippen LogP contribution in [-0.2, 0) is 6.42 Å². The quantitative estimate of drug-likeness (QED) is 0.754. The third-order valence-corrected chi connectivity index (χ3v) is 2.79. The molecule has 2 nitrogen and oxygen atoms in total. The van der Waals surface area contributed by atoms with E-state index in [0.29, 0.717) is 5.15 Å². The lowest BCUT2D eigenvalue weighted by Gasteiger charge is -2.09. The second-order valence-corrected chi connectivity index (χ2v) is 4.10. The van der Waals surface area contributed by atoms with Gasteiger partial charge in [0.05, 0.1) is 7.11 Å². The third kappa shape index (κ3) is 1.98. The molecular formula is C13H14ClNO. The lowest BCUT2D eigenvalue weighted by atomic mass is 10.0. The van der Waals surface area contributed by atoms with Gasteiger partial charge < -0.3 is 4.74 Å². The molecule has 0 aliphatic rings. The molecule has 0 aliphatic carbocycles. The highest BCUT2D eigenvalue weighted by molar-refractivity contribution is 6.30. The minimum atomic E-state index is 0.528. The van der Waals surface area contributed by atoms with Crippen molar-refractivity contribution in [1.82, 2.24) is 4.98 Å². The monoisotopic (exact) mass is 235 g/mol. The number of ether oxygens (including phenoxy) is 1. The summed E-state index contributed by atoms with van der Waals surface area (Å²) in [6.45, 7) is 2.15. The number of fused-ring (bicyclic) bond motifs is 1. The highest BCUT2D eigenvalue weighted by Gasteiger charge is 2.08. The molecule has 0 saturated heterocycles. The molecule has 2 rings (SSSR count). The largest absolute Gasteiger partial charge is 0.494 e. The summed E-state index contributed by atoms with van der Waals surface area (Å²) in [5.41, 5.74) is 2.08. The Morgan fingerprint density at radius 1 is 1.38 bits per heavy atom. The molecule has 0 spiro atoms. The molecule has 0 atom stereocenters. The van der Waals surface area contributed by atoms with Crippen molar-refractivity contribution in [1.29, 1.82) is 0 Å². The number of hydrogen-bond donors (Lipinski definition) is 0. The summed E-state index contributed by atoms with van der Waals surface area (Å²) in [4.78, 5) is 4.33. The van der Waals surface area contributed by atoms with Crippen LogP contribution in [0.4, 0.5) is 0 Å². The SMILES string of the molecule is CCCc1cc(Cl)nc2c(OC)cccc12. The zero-order chi connectivity index (χ0) is 11.5. The van der Waals surface area contributed by atoms with Crippen LogP contribution >= 0.6 is 11.6 Å². The van der Waals surface area contributed by atoms with Crippen molar-refractivity contribution in [2.45, 2.75) is 19.8 Å². The predicted molar refractivity (Wildman–Crippen MR) is 67.3 cm³/mol. The van der Waals surface area contributed by atoms with Gasteiger partial charge in [-0.15, -0.1) is 0 Å². The summed E-state index contributed by atoms with van der Waals surface area (Å²) in [6, 6.07) is 7.89. The molecule has 0 unspecified atom stereocenters. The Bertz CT molecular complexity index is 511. The van der Waals surface area contributed by atoms with Gasteiger partial charge in [-0.2, -0.15) is 0 Å². The van der Waals surface area contributed by atoms with Crippen molar-refractivity contribution < 1.29 is 4.74 Å². The minimum Gasteiger partial charge on any atom is -0.494 e. The van der Waals surface area contributed by atoms with Crippen LogP contribution in [0.1, 0.15) is 18.9 Å². The number of benzene rings is 1. The molecule has 0 saturated carbocycles. The Morgan fingerprint density at radius 3 is 2.88 bits per heavy atom. The molecule has 1 heterocycles. The first kappa shape index (κ1) is 11.2. The summed E-state index contributed by atoms with van der Waals surface area (Å²) in [5, 5.41) is 1.66. The number of aromatic nitrogens is 1. The van der Waals surface area contributed by atoms with E-state index in [2.05, 4.69) is 18.0 Å². The lowest BCUT2D eigenvalue weighted by Crippen LogP contribution is -1.93. The second-order valence-electron chi connectivity index (χ2n) is 3.71. The predicted octanol–water partition coefficient (Wildman–Crippen LogP) is 3.85. The van der Waals surface area contributed by atoms with Crippen LogP contribution in [0, 0.1) is 0 Å². The third-order valence-electron chi connectivity index (χ3n) is 2.60. The Balaban J connectivity index is 2.72. The maximum absolute atomic E-state index is 6.02. The molecule has 0 aliphatic heterocycles. The van der Waals surface area contributed by atoms with Gasteiger partial charge in [-0.3, -0.25) is 0 Å². The van der Waals surface area contributed by atoms with E-state index in [4.69, 9.17) is 16.3 Å². The fourth-order valence-electron chi connectivity index (χ4n) is 1.90. The van der Waals surface area contributed by atoms with E-state index in [9.17, 15) is 0 Å². The number of nitrogens with zero attached hydrogens (tertiary/aromatic N) is 1. The zero-order valence-electron chi connectivity index (χ0n) is 9.46. The number of pyridine rings is 1. The van der Waals surface area contributed by atoms with Crippen LogP contribution in [0.5, 0.6) is 5.75 Å². The number of hydrogen-bond acceptors (Lipinski definition) is 2. The maximum Gasteiger partial charge on any atom is 0.145 e. The van der Waals surface area contributed by atoms with Gasteiger partial charge in [0.2, 0.25) is 0 Å². The molecule has 0 radical (unpaired) electrons. The smallest absolute Gasteiger partial charge is 0.145 e. The summed E-state index contributed by atoms with van der Waals surface area (Å²) in [5.74, 6) is 0.775. The molecule has 0 amide bonds. The van der Waals surface area contributed by atoms with E-state index in [1.165, 1.54) is 5.56 Å². The molecular weight excluding hydrogens is 222 g/mol. The number of aryl methyl sites for hydroxylation is 1. The van der Waals surface area contributed by atoms with Crippen LogP contribution in [0.15, 0.2) is 24.3 Å². The summed E-state index contributed by atoms with van der Waals surface area (Å²) in [7, 11) is 1.65. The molecule has 2 aromatic rings. The van der Waals surface area contributed by atoms with Crippen molar-refractivity contribution in [2.24, 2.45) is 0 Å². The van der Waals surface area contributed by atoms with Gasteiger partial charge in [0.1, 0.15) is 16.4 Å². The molecule has 1 aromatic heterocycles. The lowest BCUT2D eigenvalue weighted by molar-refractivity contribution is 0.419. The van der Waals surface area contributed by atoms with Crippen LogP contribution in [-0.4, -0.2) is 12.1 Å². The van der Waals surface area contributed by atoms with Gasteiger partial charge in [-0.05, 0) is 24.1 Å². The van der Waals surface area contributed by atoms with Gasteiger partial charge in [0, 0.05) is 5.39 Å². The summed E-state index contributed by atoms with van der Waals surface area (Å²) in [6.07, 6.45) is 2.10. The first-order valence-corrected chi connectivity index (χ1v) is 5.76. The number of methoxy groups -OCH3 is 1. The van der Waals surface area contributed by atoms with E-state index >= 15 is 0 Å². The van der Waals surface area contributed by atoms with Crippen molar-refractivity contribution in [2.75, 3.05) is 7.11 Å². The molecule has 0 N–H and O–H groups in total. The highest BCUT2D eigenvalue weighted by atomic mass is 35.5. The van der Waals surface area contributed by atoms with Gasteiger partial charge in [0.25, 0.3) is 0 Å². The summed E-state index contributed by atoms with van der Waals surface area (Å²) < 4.78 is 5.29. The Morgan fingerprint density at radius 2 is 2.19 bits per heavy atom. The first-order valence-electron chi connectivity index (χ1n) is 5.38. The van der Waals surface area contributed by atoms with E-state index in [0.717, 1.165) is 29.5 Å². The molecule has 0 bridgehead atoms. The Kier molecular flexibility index (Phi) is 3.30. The number of halogens is 1. The van der Waals surface area contributed by atoms with Gasteiger partial charge in [0.15, 0.2) is 0 Å². The van der Waals surface area contributed by atoms with Crippen LogP contribution < -0.4 is 4.74 Å². The standard InChI is InChI=1S/C13H14ClNO/c1-3-5-9-8-12(14)15-13-10(9)6-4-7-11(13)16-2/h4,6-8H,3,5H2,1-2H3. The number of para-hydroxylation sites is 1. The average molecular weight is 236 g/mol. The van der Waals surface area contributed by atoms with Crippen LogP contribution in [0.2, 0.25) is 5.15 Å². The normalized spacial score (nSPS) is 10.7. The van der Waals surface area contributed by atoms with Crippen molar-refractivity contribution in [3.8, 4) is 5.75 Å². The van der Waals surface area contributed by atoms with Gasteiger partial charge in [-0.25, -0.2) is 4.98 Å². The van der Waals surface area contributed by atoms with Gasteiger partial charge in [-0.1, -0.05) is 37.1 Å². The van der Waals surface area contributed by atoms with Crippen LogP contribution in [0.25, 0.3) is 10.9 Å². The maximum atomic E-state index is 6.02. The fourth-order valence-corrected chi connectivity index (χ4v) is 2.11. The Labute approximate surface area is 100 Å². The number of rotatable bonds is 3. The molecule has 16 heavy (non-hydrogen) atoms. The molecule has 84 valence electrons. The van der Waals surface area contributed by atoms with E-state index in [1.54, 1.807) is 7.11 Å². The molecule has 1 aromatic carbocycles. The minimum absolute atomic E-state index is 0.528. The topological polar surface area (TPSA) is 22.1 Å². The highest BCUT2D eigenvalue weighted by Crippen LogP contribution is 2.28. The Hall–Kier alpha value is -1.28. The van der Waals surface area contributed by atoms with E-state index in [-0.39, 0.29) is 0 Å². The zero-order valence-corrected chi connectivity index (χ0v) is 10.2. The summed E-state index contributed by atoms with van der Waals surface area (Å²) >= 11 is 6.02. The molecule has 0 fully saturated rings. The first-order chi connectivity index (χ1) is 7.76. The average Bonchev–Trinajstić information content (AvgIpc) is 2.28. The second kappa shape index (κ2) is 4.71. The van der Waals surface area contributed by atoms with Crippen molar-refractivity contribution >= 4 is 22.5 Å². The van der Waals surface area contributed by atoms with Crippen molar-refractivity contribution in [3.63, 3.8) is 0 Å². The van der Waals surface area contributed by atoms with Crippen molar-refractivity contribution in [3.05, 3.63) is 35.0 Å². The van der Waals surface area contributed by atoms with Crippen LogP contribution in [0.3, 0.4) is 0 Å².